The minimum atomic E-state index is 0.0783. The van der Waals surface area contributed by atoms with E-state index in [1.165, 1.54) is 0 Å². The van der Waals surface area contributed by atoms with E-state index in [-0.39, 0.29) is 17.4 Å². The number of hydrogen-bond donors (Lipinski definition) is 2. The van der Waals surface area contributed by atoms with Crippen LogP contribution in [0.5, 0.6) is 0 Å². The third kappa shape index (κ3) is 4.96. The molecule has 27 heavy (non-hydrogen) atoms. The SMILES string of the molecule is Cc1cc(C)c2[nH]c(CN3CCN(CC(=O)NC(C)C)CC3)cc(=O)c2c1. The van der Waals surface area contributed by atoms with Crippen molar-refractivity contribution in [3.8, 4) is 0 Å². The smallest absolute Gasteiger partial charge is 0.234 e. The number of fused-ring (bicyclic) bond motifs is 1. The van der Waals surface area contributed by atoms with Crippen molar-refractivity contribution in [1.29, 1.82) is 0 Å². The Bertz CT molecular complexity index is 880. The average molecular weight is 370 g/mol. The summed E-state index contributed by atoms with van der Waals surface area (Å²) in [5, 5.41) is 3.70. The summed E-state index contributed by atoms with van der Waals surface area (Å²) < 4.78 is 0. The van der Waals surface area contributed by atoms with Crippen molar-refractivity contribution in [2.24, 2.45) is 0 Å². The van der Waals surface area contributed by atoms with Gasteiger partial charge in [-0.1, -0.05) is 6.07 Å². The van der Waals surface area contributed by atoms with Gasteiger partial charge in [0.15, 0.2) is 5.43 Å². The average Bonchev–Trinajstić information content (AvgIpc) is 2.57. The quantitative estimate of drug-likeness (QED) is 0.842. The Morgan fingerprint density at radius 3 is 2.44 bits per heavy atom. The Hall–Kier alpha value is -2.18. The molecule has 0 atom stereocenters. The molecule has 6 heteroatoms. The molecule has 0 saturated carbocycles. The number of aromatic nitrogens is 1. The van der Waals surface area contributed by atoms with Crippen LogP contribution in [0.2, 0.25) is 0 Å². The minimum Gasteiger partial charge on any atom is -0.357 e. The Labute approximate surface area is 160 Å². The second kappa shape index (κ2) is 8.23. The van der Waals surface area contributed by atoms with Gasteiger partial charge < -0.3 is 10.3 Å². The van der Waals surface area contributed by atoms with Crippen LogP contribution in [0.3, 0.4) is 0 Å². The van der Waals surface area contributed by atoms with E-state index < -0.39 is 0 Å². The zero-order valence-corrected chi connectivity index (χ0v) is 16.8. The van der Waals surface area contributed by atoms with Crippen LogP contribution in [-0.4, -0.2) is 59.5 Å². The predicted octanol–water partition coefficient (Wildman–Crippen LogP) is 1.79. The van der Waals surface area contributed by atoms with E-state index >= 15 is 0 Å². The van der Waals surface area contributed by atoms with Crippen molar-refractivity contribution in [2.75, 3.05) is 32.7 Å². The molecule has 2 aromatic rings. The summed E-state index contributed by atoms with van der Waals surface area (Å²) in [6, 6.07) is 5.95. The third-order valence-corrected chi connectivity index (χ3v) is 5.01. The number of benzene rings is 1. The fourth-order valence-electron chi connectivity index (χ4n) is 3.76. The van der Waals surface area contributed by atoms with Crippen LogP contribution in [0.4, 0.5) is 0 Å². The maximum absolute atomic E-state index is 12.5. The standard InChI is InChI=1S/C21H30N4O2/c1-14(2)22-20(27)13-25-7-5-24(6-8-25)12-17-11-19(26)18-10-15(3)9-16(4)21(18)23-17/h9-11,14H,5-8,12-13H2,1-4H3,(H,22,27)(H,23,26). The highest BCUT2D eigenvalue weighted by Gasteiger charge is 2.19. The van der Waals surface area contributed by atoms with Gasteiger partial charge in [0, 0.05) is 55.9 Å². The molecule has 3 rings (SSSR count). The lowest BCUT2D eigenvalue weighted by Gasteiger charge is -2.34. The van der Waals surface area contributed by atoms with Crippen LogP contribution in [-0.2, 0) is 11.3 Å². The number of amides is 1. The van der Waals surface area contributed by atoms with Crippen LogP contribution < -0.4 is 10.7 Å². The number of pyridine rings is 1. The van der Waals surface area contributed by atoms with E-state index in [1.54, 1.807) is 6.07 Å². The van der Waals surface area contributed by atoms with Crippen molar-refractivity contribution < 1.29 is 4.79 Å². The normalized spacial score (nSPS) is 16.2. The van der Waals surface area contributed by atoms with Gasteiger partial charge in [-0.15, -0.1) is 0 Å². The van der Waals surface area contributed by atoms with E-state index in [0.29, 0.717) is 6.54 Å². The molecule has 1 amide bonds. The topological polar surface area (TPSA) is 68.4 Å². The highest BCUT2D eigenvalue weighted by molar-refractivity contribution is 5.82. The van der Waals surface area contributed by atoms with Crippen LogP contribution >= 0.6 is 0 Å². The summed E-state index contributed by atoms with van der Waals surface area (Å²) in [5.74, 6) is 0.0862. The van der Waals surface area contributed by atoms with Crippen LogP contribution in [0, 0.1) is 13.8 Å². The molecular formula is C21H30N4O2. The number of carbonyl (C=O) groups excluding carboxylic acids is 1. The number of aryl methyl sites for hydroxylation is 2. The predicted molar refractivity (Wildman–Crippen MR) is 109 cm³/mol. The minimum absolute atomic E-state index is 0.0783. The molecular weight excluding hydrogens is 340 g/mol. The first-order chi connectivity index (χ1) is 12.8. The molecule has 6 nitrogen and oxygen atoms in total. The molecule has 1 aliphatic rings. The monoisotopic (exact) mass is 370 g/mol. The van der Waals surface area contributed by atoms with Crippen LogP contribution in [0.25, 0.3) is 10.9 Å². The largest absolute Gasteiger partial charge is 0.357 e. The van der Waals surface area contributed by atoms with Gasteiger partial charge in [0.05, 0.1) is 12.1 Å². The number of hydrogen-bond acceptors (Lipinski definition) is 4. The van der Waals surface area contributed by atoms with E-state index in [4.69, 9.17) is 0 Å². The summed E-state index contributed by atoms with van der Waals surface area (Å²) in [4.78, 5) is 32.4. The molecule has 2 N–H and O–H groups in total. The summed E-state index contributed by atoms with van der Waals surface area (Å²) in [6.45, 7) is 12.7. The first-order valence-electron chi connectivity index (χ1n) is 9.69. The molecule has 0 unspecified atom stereocenters. The molecule has 1 aliphatic heterocycles. The zero-order valence-electron chi connectivity index (χ0n) is 16.8. The molecule has 146 valence electrons. The number of H-pyrrole nitrogens is 1. The van der Waals surface area contributed by atoms with Gasteiger partial charge in [-0.25, -0.2) is 0 Å². The molecule has 1 aromatic heterocycles. The second-order valence-electron chi connectivity index (χ2n) is 7.94. The van der Waals surface area contributed by atoms with Gasteiger partial charge in [-0.2, -0.15) is 0 Å². The molecule has 1 saturated heterocycles. The van der Waals surface area contributed by atoms with E-state index in [1.807, 2.05) is 33.8 Å². The van der Waals surface area contributed by atoms with E-state index in [2.05, 4.69) is 26.2 Å². The van der Waals surface area contributed by atoms with Crippen molar-refractivity contribution >= 4 is 16.8 Å². The number of aromatic amines is 1. The lowest BCUT2D eigenvalue weighted by Crippen LogP contribution is -2.49. The fraction of sp³-hybridized carbons (Fsp3) is 0.524. The Balaban J connectivity index is 1.62. The molecule has 0 aliphatic carbocycles. The lowest BCUT2D eigenvalue weighted by atomic mass is 10.1. The summed E-state index contributed by atoms with van der Waals surface area (Å²) >= 11 is 0. The highest BCUT2D eigenvalue weighted by atomic mass is 16.2. The maximum atomic E-state index is 12.5. The lowest BCUT2D eigenvalue weighted by molar-refractivity contribution is -0.123. The van der Waals surface area contributed by atoms with Gasteiger partial charge >= 0.3 is 0 Å². The Morgan fingerprint density at radius 2 is 1.78 bits per heavy atom. The highest BCUT2D eigenvalue weighted by Crippen LogP contribution is 2.17. The molecule has 0 radical (unpaired) electrons. The first-order valence-corrected chi connectivity index (χ1v) is 9.69. The van der Waals surface area contributed by atoms with Gasteiger partial charge in [-0.05, 0) is 44.9 Å². The molecule has 1 aromatic carbocycles. The third-order valence-electron chi connectivity index (χ3n) is 5.01. The van der Waals surface area contributed by atoms with Gasteiger partial charge in [-0.3, -0.25) is 19.4 Å². The van der Waals surface area contributed by atoms with Crippen molar-refractivity contribution in [1.82, 2.24) is 20.1 Å². The molecule has 2 heterocycles. The van der Waals surface area contributed by atoms with Crippen LogP contribution in [0.1, 0.15) is 30.7 Å². The molecule has 1 fully saturated rings. The number of nitrogens with one attached hydrogen (secondary N) is 2. The summed E-state index contributed by atoms with van der Waals surface area (Å²) in [5.41, 5.74) is 4.17. The van der Waals surface area contributed by atoms with E-state index in [0.717, 1.165) is 60.4 Å². The van der Waals surface area contributed by atoms with Crippen molar-refractivity contribution in [3.63, 3.8) is 0 Å². The van der Waals surface area contributed by atoms with Crippen molar-refractivity contribution in [2.45, 2.75) is 40.3 Å². The van der Waals surface area contributed by atoms with Gasteiger partial charge in [0.1, 0.15) is 0 Å². The number of carbonyl (C=O) groups is 1. The molecule has 0 spiro atoms. The van der Waals surface area contributed by atoms with Gasteiger partial charge in [0.25, 0.3) is 0 Å². The van der Waals surface area contributed by atoms with Crippen molar-refractivity contribution in [3.05, 3.63) is 45.2 Å². The molecule has 0 bridgehead atoms. The second-order valence-corrected chi connectivity index (χ2v) is 7.94. The number of nitrogens with zero attached hydrogens (tertiary/aromatic N) is 2. The maximum Gasteiger partial charge on any atom is 0.234 e. The number of rotatable bonds is 5. The first kappa shape index (κ1) is 19.6. The summed E-state index contributed by atoms with van der Waals surface area (Å²) in [7, 11) is 0. The fourth-order valence-corrected chi connectivity index (χ4v) is 3.76. The van der Waals surface area contributed by atoms with E-state index in [9.17, 15) is 9.59 Å². The number of piperazine rings is 1. The Morgan fingerprint density at radius 1 is 1.11 bits per heavy atom. The van der Waals surface area contributed by atoms with Gasteiger partial charge in [0.2, 0.25) is 5.91 Å². The Kier molecular flexibility index (Phi) is 5.97. The van der Waals surface area contributed by atoms with Crippen LogP contribution in [0.15, 0.2) is 23.0 Å². The summed E-state index contributed by atoms with van der Waals surface area (Å²) in [6.07, 6.45) is 0. The zero-order chi connectivity index (χ0) is 19.6.